The van der Waals surface area contributed by atoms with Gasteiger partial charge in [-0.2, -0.15) is 4.98 Å². The van der Waals surface area contributed by atoms with Crippen molar-refractivity contribution in [1.29, 1.82) is 0 Å². The van der Waals surface area contributed by atoms with E-state index in [1.807, 2.05) is 44.0 Å². The second-order valence-electron chi connectivity index (χ2n) is 7.61. The highest BCUT2D eigenvalue weighted by molar-refractivity contribution is 5.95. The van der Waals surface area contributed by atoms with Crippen molar-refractivity contribution in [2.45, 2.75) is 32.5 Å². The van der Waals surface area contributed by atoms with Crippen LogP contribution in [0.1, 0.15) is 41.4 Å². The van der Waals surface area contributed by atoms with E-state index in [1.54, 1.807) is 6.20 Å². The fourth-order valence-electron chi connectivity index (χ4n) is 2.85. The summed E-state index contributed by atoms with van der Waals surface area (Å²) in [6.45, 7) is 4.25. The van der Waals surface area contributed by atoms with E-state index in [4.69, 9.17) is 0 Å². The van der Waals surface area contributed by atoms with Crippen molar-refractivity contribution in [3.05, 3.63) is 77.3 Å². The molecule has 1 amide bonds. The summed E-state index contributed by atoms with van der Waals surface area (Å²) in [4.78, 5) is 27.1. The van der Waals surface area contributed by atoms with Gasteiger partial charge >= 0.3 is 0 Å². The number of pyridine rings is 1. The SMILES string of the molecule is CN(Cc1ccccn1)C(C)(C)c1nc(O)c(O)c(C(=O)NCc2ccc(F)cc2)n1. The minimum atomic E-state index is -0.797. The zero-order valence-corrected chi connectivity index (χ0v) is 17.5. The largest absolute Gasteiger partial charge is 0.501 e. The molecule has 0 aliphatic rings. The Labute approximate surface area is 179 Å². The van der Waals surface area contributed by atoms with Gasteiger partial charge in [-0.05, 0) is 50.7 Å². The number of nitrogens with zero attached hydrogens (tertiary/aromatic N) is 4. The maximum atomic E-state index is 13.0. The fourth-order valence-corrected chi connectivity index (χ4v) is 2.85. The first kappa shape index (κ1) is 22.1. The predicted molar refractivity (Wildman–Crippen MR) is 112 cm³/mol. The molecule has 0 saturated heterocycles. The van der Waals surface area contributed by atoms with Crippen LogP contribution in [0.15, 0.2) is 48.7 Å². The Bertz CT molecular complexity index is 1060. The first-order chi connectivity index (χ1) is 14.7. The molecule has 3 aromatic rings. The molecule has 0 atom stereocenters. The van der Waals surface area contributed by atoms with Crippen LogP contribution < -0.4 is 5.32 Å². The Kier molecular flexibility index (Phi) is 6.45. The highest BCUT2D eigenvalue weighted by Crippen LogP contribution is 2.31. The summed E-state index contributed by atoms with van der Waals surface area (Å²) < 4.78 is 13.0. The molecule has 31 heavy (non-hydrogen) atoms. The second-order valence-corrected chi connectivity index (χ2v) is 7.61. The zero-order chi connectivity index (χ0) is 22.6. The quantitative estimate of drug-likeness (QED) is 0.534. The number of hydrogen-bond acceptors (Lipinski definition) is 7. The monoisotopic (exact) mass is 425 g/mol. The van der Waals surface area contributed by atoms with Crippen LogP contribution in [0.25, 0.3) is 0 Å². The van der Waals surface area contributed by atoms with Crippen LogP contribution in [-0.4, -0.2) is 43.0 Å². The average molecular weight is 425 g/mol. The van der Waals surface area contributed by atoms with Gasteiger partial charge in [0, 0.05) is 19.3 Å². The minimum Gasteiger partial charge on any atom is -0.501 e. The lowest BCUT2D eigenvalue weighted by Gasteiger charge is -2.34. The summed E-state index contributed by atoms with van der Waals surface area (Å²) in [6.07, 6.45) is 1.70. The molecular weight excluding hydrogens is 401 g/mol. The van der Waals surface area contributed by atoms with E-state index in [0.29, 0.717) is 12.1 Å². The average Bonchev–Trinajstić information content (AvgIpc) is 2.75. The number of hydrogen-bond donors (Lipinski definition) is 3. The minimum absolute atomic E-state index is 0.0988. The Morgan fingerprint density at radius 1 is 1.13 bits per heavy atom. The highest BCUT2D eigenvalue weighted by Gasteiger charge is 2.32. The van der Waals surface area contributed by atoms with Gasteiger partial charge in [0.25, 0.3) is 11.8 Å². The van der Waals surface area contributed by atoms with Crippen molar-refractivity contribution in [3.8, 4) is 11.6 Å². The van der Waals surface area contributed by atoms with Crippen LogP contribution in [0.3, 0.4) is 0 Å². The number of nitrogens with one attached hydrogen (secondary N) is 1. The maximum absolute atomic E-state index is 13.0. The summed E-state index contributed by atoms with van der Waals surface area (Å²) in [5, 5.41) is 22.9. The van der Waals surface area contributed by atoms with Crippen molar-refractivity contribution < 1.29 is 19.4 Å². The molecule has 0 aliphatic carbocycles. The number of carbonyl (C=O) groups excluding carboxylic acids is 1. The molecular formula is C22H24FN5O3. The van der Waals surface area contributed by atoms with Crippen LogP contribution in [-0.2, 0) is 18.6 Å². The molecule has 2 heterocycles. The number of aromatic nitrogens is 3. The molecule has 162 valence electrons. The summed E-state index contributed by atoms with van der Waals surface area (Å²) in [6, 6.07) is 11.2. The summed E-state index contributed by atoms with van der Waals surface area (Å²) in [5.74, 6) is -2.30. The van der Waals surface area contributed by atoms with Gasteiger partial charge in [0.1, 0.15) is 5.82 Å². The molecule has 0 saturated carbocycles. The molecule has 0 unspecified atom stereocenters. The number of rotatable bonds is 7. The number of carbonyl (C=O) groups is 1. The van der Waals surface area contributed by atoms with Crippen molar-refractivity contribution >= 4 is 5.91 Å². The van der Waals surface area contributed by atoms with E-state index >= 15 is 0 Å². The maximum Gasteiger partial charge on any atom is 0.274 e. The van der Waals surface area contributed by atoms with Crippen LogP contribution >= 0.6 is 0 Å². The normalized spacial score (nSPS) is 11.5. The second kappa shape index (κ2) is 9.05. The van der Waals surface area contributed by atoms with E-state index in [0.717, 1.165) is 5.69 Å². The van der Waals surface area contributed by atoms with Gasteiger partial charge in [-0.15, -0.1) is 0 Å². The van der Waals surface area contributed by atoms with Gasteiger partial charge in [0.05, 0.1) is 11.2 Å². The van der Waals surface area contributed by atoms with E-state index in [9.17, 15) is 19.4 Å². The lowest BCUT2D eigenvalue weighted by atomic mass is 10.0. The third kappa shape index (κ3) is 5.13. The molecule has 0 spiro atoms. The van der Waals surface area contributed by atoms with Crippen molar-refractivity contribution in [2.75, 3.05) is 7.05 Å². The molecule has 0 bridgehead atoms. The first-order valence-electron chi connectivity index (χ1n) is 9.62. The molecule has 3 N–H and O–H groups in total. The van der Waals surface area contributed by atoms with Crippen LogP contribution in [0, 0.1) is 5.82 Å². The Balaban J connectivity index is 1.81. The van der Waals surface area contributed by atoms with Crippen molar-refractivity contribution in [1.82, 2.24) is 25.2 Å². The summed E-state index contributed by atoms with van der Waals surface area (Å²) >= 11 is 0. The number of aromatic hydroxyl groups is 2. The molecule has 3 rings (SSSR count). The van der Waals surface area contributed by atoms with E-state index in [-0.39, 0.29) is 23.9 Å². The highest BCUT2D eigenvalue weighted by atomic mass is 19.1. The Morgan fingerprint density at radius 3 is 2.48 bits per heavy atom. The number of benzene rings is 1. The van der Waals surface area contributed by atoms with Crippen molar-refractivity contribution in [3.63, 3.8) is 0 Å². The van der Waals surface area contributed by atoms with Gasteiger partial charge < -0.3 is 15.5 Å². The zero-order valence-electron chi connectivity index (χ0n) is 17.5. The van der Waals surface area contributed by atoms with E-state index < -0.39 is 23.1 Å². The van der Waals surface area contributed by atoms with Crippen LogP contribution in [0.5, 0.6) is 11.6 Å². The van der Waals surface area contributed by atoms with Gasteiger partial charge in [-0.3, -0.25) is 14.7 Å². The number of amides is 1. The van der Waals surface area contributed by atoms with Crippen molar-refractivity contribution in [2.24, 2.45) is 0 Å². The topological polar surface area (TPSA) is 111 Å². The standard InChI is InChI=1S/C22H24FN5O3/c1-22(2,28(3)13-16-6-4-5-11-24-16)21-26-17(18(29)20(31)27-21)19(30)25-12-14-7-9-15(23)10-8-14/h4-11,29H,12-13H2,1-3H3,(H,25,30)(H,26,27,31). The molecule has 0 fully saturated rings. The van der Waals surface area contributed by atoms with E-state index in [2.05, 4.69) is 20.3 Å². The molecule has 0 radical (unpaired) electrons. The smallest absolute Gasteiger partial charge is 0.274 e. The molecule has 9 heteroatoms. The fraction of sp³-hybridized carbons (Fsp3) is 0.273. The van der Waals surface area contributed by atoms with Crippen LogP contribution in [0.4, 0.5) is 4.39 Å². The molecule has 8 nitrogen and oxygen atoms in total. The number of halogens is 1. The van der Waals surface area contributed by atoms with Gasteiger partial charge in [0.2, 0.25) is 5.75 Å². The molecule has 0 aliphatic heterocycles. The van der Waals surface area contributed by atoms with Gasteiger partial charge in [-0.1, -0.05) is 18.2 Å². The Hall–Kier alpha value is -3.59. The van der Waals surface area contributed by atoms with Gasteiger partial charge in [-0.25, -0.2) is 9.37 Å². The lowest BCUT2D eigenvalue weighted by Crippen LogP contribution is -2.40. The molecule has 2 aromatic heterocycles. The van der Waals surface area contributed by atoms with Gasteiger partial charge in [0.15, 0.2) is 11.5 Å². The third-order valence-corrected chi connectivity index (χ3v) is 5.07. The Morgan fingerprint density at radius 2 is 1.84 bits per heavy atom. The molecule has 1 aromatic carbocycles. The summed E-state index contributed by atoms with van der Waals surface area (Å²) in [5.41, 5.74) is 0.361. The first-order valence-corrected chi connectivity index (χ1v) is 9.62. The third-order valence-electron chi connectivity index (χ3n) is 5.07. The van der Waals surface area contributed by atoms with Crippen LogP contribution in [0.2, 0.25) is 0 Å². The summed E-state index contributed by atoms with van der Waals surface area (Å²) in [7, 11) is 1.84. The predicted octanol–water partition coefficient (Wildman–Crippen LogP) is 2.72. The van der Waals surface area contributed by atoms with E-state index in [1.165, 1.54) is 24.3 Å². The lowest BCUT2D eigenvalue weighted by molar-refractivity contribution is 0.0937.